The van der Waals surface area contributed by atoms with Gasteiger partial charge in [-0.3, -0.25) is 10.1 Å². The molecule has 5 nitrogen and oxygen atoms in total. The maximum absolute atomic E-state index is 11.6. The van der Waals surface area contributed by atoms with Gasteiger partial charge >= 0.3 is 5.70 Å². The second kappa shape index (κ2) is 8.80. The van der Waals surface area contributed by atoms with Gasteiger partial charge in [0.15, 0.2) is 10.1 Å². The van der Waals surface area contributed by atoms with Crippen molar-refractivity contribution in [1.82, 2.24) is 4.90 Å². The average molecular weight is 396 g/mol. The number of nitro groups is 1. The molecule has 1 aliphatic heterocycles. The van der Waals surface area contributed by atoms with E-state index in [4.69, 9.17) is 39.5 Å². The highest BCUT2D eigenvalue weighted by molar-refractivity contribution is 8.03. The number of nitrogens with zero attached hydrogens (tertiary/aromatic N) is 2. The predicted octanol–water partition coefficient (Wildman–Crippen LogP) is 4.44. The molecule has 0 bridgehead atoms. The summed E-state index contributed by atoms with van der Waals surface area (Å²) in [6.45, 7) is 2.02. The van der Waals surface area contributed by atoms with Crippen molar-refractivity contribution in [3.8, 4) is 0 Å². The van der Waals surface area contributed by atoms with Crippen molar-refractivity contribution in [2.24, 2.45) is 0 Å². The van der Waals surface area contributed by atoms with Gasteiger partial charge in [-0.05, 0) is 12.1 Å². The number of hydrogen-bond acceptors (Lipinski definition) is 5. The minimum absolute atomic E-state index is 0.275. The van der Waals surface area contributed by atoms with Gasteiger partial charge in [0.05, 0.1) is 18.1 Å². The molecular weight excluding hydrogens is 383 g/mol. The van der Waals surface area contributed by atoms with E-state index >= 15 is 0 Å². The summed E-state index contributed by atoms with van der Waals surface area (Å²) >= 11 is 18.6. The fourth-order valence-electron chi connectivity index (χ4n) is 1.97. The molecular formula is C14H13Cl3N2O3S. The maximum Gasteiger partial charge on any atom is 0.320 e. The van der Waals surface area contributed by atoms with Crippen LogP contribution >= 0.6 is 46.6 Å². The van der Waals surface area contributed by atoms with Gasteiger partial charge in [0.25, 0.3) is 0 Å². The topological polar surface area (TPSA) is 55.6 Å². The van der Waals surface area contributed by atoms with Crippen LogP contribution in [0.15, 0.2) is 55.5 Å². The fourth-order valence-corrected chi connectivity index (χ4v) is 3.47. The van der Waals surface area contributed by atoms with Crippen molar-refractivity contribution < 1.29 is 9.66 Å². The van der Waals surface area contributed by atoms with Gasteiger partial charge in [0.1, 0.15) is 4.49 Å². The van der Waals surface area contributed by atoms with E-state index in [0.717, 1.165) is 4.90 Å². The van der Waals surface area contributed by atoms with Crippen molar-refractivity contribution in [3.05, 3.63) is 60.7 Å². The van der Waals surface area contributed by atoms with E-state index in [1.165, 1.54) is 11.8 Å². The Kier molecular flexibility index (Phi) is 7.05. The minimum Gasteiger partial charge on any atom is -0.378 e. The Morgan fingerprint density at radius 3 is 2.30 bits per heavy atom. The van der Waals surface area contributed by atoms with Crippen molar-refractivity contribution in [2.75, 3.05) is 26.3 Å². The molecule has 0 radical (unpaired) electrons. The highest BCUT2D eigenvalue weighted by atomic mass is 35.5. The molecule has 1 saturated heterocycles. The maximum atomic E-state index is 11.6. The molecule has 1 fully saturated rings. The Bertz CT molecular complexity index is 627. The molecule has 0 aliphatic carbocycles. The van der Waals surface area contributed by atoms with Gasteiger partial charge in [0, 0.05) is 18.0 Å². The van der Waals surface area contributed by atoms with E-state index in [0.29, 0.717) is 31.3 Å². The third-order valence-electron chi connectivity index (χ3n) is 3.02. The Labute approximate surface area is 153 Å². The summed E-state index contributed by atoms with van der Waals surface area (Å²) < 4.78 is 4.97. The number of halogens is 3. The first-order valence-electron chi connectivity index (χ1n) is 6.66. The molecule has 1 aliphatic rings. The van der Waals surface area contributed by atoms with E-state index in [-0.39, 0.29) is 15.2 Å². The molecule has 1 heterocycles. The first kappa shape index (κ1) is 18.4. The highest BCUT2D eigenvalue weighted by Gasteiger charge is 2.30. The summed E-state index contributed by atoms with van der Waals surface area (Å²) in [7, 11) is 0. The van der Waals surface area contributed by atoms with Crippen LogP contribution < -0.4 is 0 Å². The predicted molar refractivity (Wildman–Crippen MR) is 93.3 cm³/mol. The fraction of sp³-hybridized carbons (Fsp3) is 0.286. The van der Waals surface area contributed by atoms with Crippen LogP contribution in [0, 0.1) is 10.1 Å². The van der Waals surface area contributed by atoms with Crippen LogP contribution in [0.4, 0.5) is 0 Å². The summed E-state index contributed by atoms with van der Waals surface area (Å²) in [6, 6.07) is 9.32. The van der Waals surface area contributed by atoms with Gasteiger partial charge in [0.2, 0.25) is 0 Å². The Balaban J connectivity index is 2.51. The van der Waals surface area contributed by atoms with E-state index in [2.05, 4.69) is 0 Å². The van der Waals surface area contributed by atoms with Crippen molar-refractivity contribution >= 4 is 46.6 Å². The van der Waals surface area contributed by atoms with E-state index < -0.39 is 4.92 Å². The molecule has 0 spiro atoms. The number of benzene rings is 1. The lowest BCUT2D eigenvalue weighted by molar-refractivity contribution is -0.421. The van der Waals surface area contributed by atoms with Crippen molar-refractivity contribution in [2.45, 2.75) is 4.90 Å². The van der Waals surface area contributed by atoms with Gasteiger partial charge in [-0.1, -0.05) is 64.8 Å². The molecule has 124 valence electrons. The summed E-state index contributed by atoms with van der Waals surface area (Å²) in [5.74, 6) is 0. The molecule has 1 aromatic rings. The van der Waals surface area contributed by atoms with Crippen LogP contribution in [0.25, 0.3) is 0 Å². The van der Waals surface area contributed by atoms with E-state index in [9.17, 15) is 10.1 Å². The first-order chi connectivity index (χ1) is 11.0. The quantitative estimate of drug-likeness (QED) is 0.319. The zero-order chi connectivity index (χ0) is 16.8. The van der Waals surface area contributed by atoms with Gasteiger partial charge in [-0.15, -0.1) is 0 Å². The minimum atomic E-state index is -0.562. The van der Waals surface area contributed by atoms with Crippen molar-refractivity contribution in [1.29, 1.82) is 0 Å². The lowest BCUT2D eigenvalue weighted by Crippen LogP contribution is -2.36. The molecule has 0 N–H and O–H groups in total. The Morgan fingerprint density at radius 2 is 1.78 bits per heavy atom. The molecule has 23 heavy (non-hydrogen) atoms. The summed E-state index contributed by atoms with van der Waals surface area (Å²) in [4.78, 5) is 13.7. The smallest absolute Gasteiger partial charge is 0.320 e. The van der Waals surface area contributed by atoms with Gasteiger partial charge in [-0.2, -0.15) is 0 Å². The third kappa shape index (κ3) is 5.02. The second-order valence-corrected chi connectivity index (χ2v) is 6.89. The average Bonchev–Trinajstić information content (AvgIpc) is 2.55. The summed E-state index contributed by atoms with van der Waals surface area (Å²) in [5, 5.41) is 11.7. The molecule has 9 heteroatoms. The Morgan fingerprint density at radius 1 is 1.17 bits per heavy atom. The van der Waals surface area contributed by atoms with Crippen molar-refractivity contribution in [3.63, 3.8) is 0 Å². The van der Waals surface area contributed by atoms with Crippen LogP contribution in [0.1, 0.15) is 0 Å². The zero-order valence-electron chi connectivity index (χ0n) is 11.9. The van der Waals surface area contributed by atoms with Crippen LogP contribution in [0.5, 0.6) is 0 Å². The molecule has 2 rings (SSSR count). The number of allylic oxidation sites excluding steroid dienone is 1. The van der Waals surface area contributed by atoms with Gasteiger partial charge < -0.3 is 9.64 Å². The largest absolute Gasteiger partial charge is 0.378 e. The lowest BCUT2D eigenvalue weighted by Gasteiger charge is -2.30. The molecule has 0 saturated carbocycles. The zero-order valence-corrected chi connectivity index (χ0v) is 15.0. The number of hydrogen-bond donors (Lipinski definition) is 0. The lowest BCUT2D eigenvalue weighted by atomic mass is 10.4. The second-order valence-electron chi connectivity index (χ2n) is 4.50. The summed E-state index contributed by atoms with van der Waals surface area (Å²) in [5.41, 5.74) is -0.303. The van der Waals surface area contributed by atoms with Crippen LogP contribution in [-0.4, -0.2) is 36.1 Å². The normalized spacial score (nSPS) is 15.9. The molecule has 1 aromatic carbocycles. The van der Waals surface area contributed by atoms with E-state index in [1.54, 1.807) is 0 Å². The molecule has 0 unspecified atom stereocenters. The third-order valence-corrected chi connectivity index (χ3v) is 5.11. The number of rotatable bonds is 5. The van der Waals surface area contributed by atoms with Crippen LogP contribution in [0.3, 0.4) is 0 Å². The molecule has 0 amide bonds. The number of ether oxygens (including phenoxy) is 1. The number of thioether (sulfide) groups is 1. The van der Waals surface area contributed by atoms with Crippen LogP contribution in [0.2, 0.25) is 0 Å². The standard InChI is InChI=1S/C14H13Cl3N2O3S/c15-11(13(16)17)12(19(20)21)14(18-6-8-22-9-7-18)23-10-4-2-1-3-5-10/h1-5H,6-9H2/b14-12+. The van der Waals surface area contributed by atoms with E-state index in [1.807, 2.05) is 35.2 Å². The highest BCUT2D eigenvalue weighted by Crippen LogP contribution is 2.37. The number of morpholine rings is 1. The monoisotopic (exact) mass is 394 g/mol. The SMILES string of the molecule is O=[N+]([O-])/C(C(Cl)=C(Cl)Cl)=C(/Sc1ccccc1)N1CCOCC1. The van der Waals surface area contributed by atoms with Gasteiger partial charge in [-0.25, -0.2) is 0 Å². The van der Waals surface area contributed by atoms with Crippen LogP contribution in [-0.2, 0) is 4.74 Å². The molecule has 0 atom stereocenters. The Hall–Kier alpha value is -0.920. The first-order valence-corrected chi connectivity index (χ1v) is 8.61. The summed E-state index contributed by atoms with van der Waals surface area (Å²) in [6.07, 6.45) is 0. The molecule has 0 aromatic heterocycles.